The van der Waals surface area contributed by atoms with Gasteiger partial charge >= 0.3 is 12.4 Å². The van der Waals surface area contributed by atoms with Gasteiger partial charge in [-0.05, 0) is 24.8 Å². The van der Waals surface area contributed by atoms with E-state index in [0.717, 1.165) is 17.8 Å². The van der Waals surface area contributed by atoms with E-state index in [1.165, 1.54) is 13.0 Å². The fourth-order valence-corrected chi connectivity index (χ4v) is 3.26. The van der Waals surface area contributed by atoms with Crippen LogP contribution in [0.15, 0.2) is 28.3 Å². The maximum Gasteiger partial charge on any atom is 0.431 e. The van der Waals surface area contributed by atoms with Crippen LogP contribution in [0.2, 0.25) is 0 Å². The Labute approximate surface area is 155 Å². The summed E-state index contributed by atoms with van der Waals surface area (Å²) in [7, 11) is 0. The van der Waals surface area contributed by atoms with Crippen molar-refractivity contribution < 1.29 is 26.3 Å². The monoisotopic (exact) mass is 408 g/mol. The number of hydrogen-bond donors (Lipinski definition) is 1. The van der Waals surface area contributed by atoms with Crippen molar-refractivity contribution >= 4 is 33.9 Å². The summed E-state index contributed by atoms with van der Waals surface area (Å²) in [6.45, 7) is 10.0. The third kappa shape index (κ3) is 4.74. The molecule has 27 heavy (non-hydrogen) atoms. The zero-order valence-corrected chi connectivity index (χ0v) is 15.0. The van der Waals surface area contributed by atoms with Gasteiger partial charge in [-0.15, -0.1) is 11.8 Å². The van der Waals surface area contributed by atoms with Gasteiger partial charge in [0, 0.05) is 6.42 Å². The smallest absolute Gasteiger partial charge is 0.297 e. The van der Waals surface area contributed by atoms with Crippen LogP contribution in [0.3, 0.4) is 0 Å². The zero-order valence-electron chi connectivity index (χ0n) is 14.2. The molecule has 0 saturated heterocycles. The quantitative estimate of drug-likeness (QED) is 0.301. The lowest BCUT2D eigenvalue weighted by atomic mass is 9.98. The van der Waals surface area contributed by atoms with Gasteiger partial charge in [0.15, 0.2) is 5.69 Å². The van der Waals surface area contributed by atoms with Crippen LogP contribution in [0.5, 0.6) is 0 Å². The molecule has 0 unspecified atom stereocenters. The minimum Gasteiger partial charge on any atom is -0.297 e. The second-order valence-electron chi connectivity index (χ2n) is 5.84. The summed E-state index contributed by atoms with van der Waals surface area (Å²) in [5, 5.41) is 3.49. The summed E-state index contributed by atoms with van der Waals surface area (Å²) in [6.07, 6.45) is -9.84. The lowest BCUT2D eigenvalue weighted by Gasteiger charge is -2.25. The van der Waals surface area contributed by atoms with E-state index in [1.54, 1.807) is 6.92 Å². The van der Waals surface area contributed by atoms with E-state index >= 15 is 0 Å². The summed E-state index contributed by atoms with van der Waals surface area (Å²) in [6, 6.07) is 2.93. The first-order valence-electron chi connectivity index (χ1n) is 7.62. The van der Waals surface area contributed by atoms with Gasteiger partial charge in [0.05, 0.1) is 17.8 Å². The molecular weight excluding hydrogens is 394 g/mol. The maximum absolute atomic E-state index is 13.1. The van der Waals surface area contributed by atoms with E-state index in [4.69, 9.17) is 6.57 Å². The molecule has 4 nitrogen and oxygen atoms in total. The van der Waals surface area contributed by atoms with Crippen molar-refractivity contribution in [1.29, 1.82) is 0 Å². The highest BCUT2D eigenvalue weighted by Gasteiger charge is 2.47. The summed E-state index contributed by atoms with van der Waals surface area (Å²) in [5.41, 5.74) is -1.70. The van der Waals surface area contributed by atoms with Crippen LogP contribution in [0, 0.1) is 6.57 Å². The van der Waals surface area contributed by atoms with Gasteiger partial charge in [-0.1, -0.05) is 13.0 Å². The minimum absolute atomic E-state index is 0.103. The minimum atomic E-state index is -4.74. The van der Waals surface area contributed by atoms with Crippen molar-refractivity contribution in [3.8, 4) is 0 Å². The SMILES string of the molecule is [C-]#[N+]c1ccc(N=C(SCC)[C@@]2(C)CC(C(F)(F)F)=NN2)cc1C(F)(F)F. The average molecular weight is 408 g/mol. The Kier molecular flexibility index (Phi) is 5.79. The number of thioether (sulfide) groups is 1. The molecular formula is C16H14F6N4S. The molecule has 146 valence electrons. The molecule has 0 spiro atoms. The van der Waals surface area contributed by atoms with E-state index in [1.807, 2.05) is 0 Å². The molecule has 0 saturated carbocycles. The molecule has 2 rings (SSSR count). The molecule has 1 aromatic rings. The number of hydrazone groups is 1. The molecule has 1 aromatic carbocycles. The van der Waals surface area contributed by atoms with Crippen LogP contribution in [0.25, 0.3) is 4.85 Å². The molecule has 11 heteroatoms. The first-order valence-corrected chi connectivity index (χ1v) is 8.61. The Balaban J connectivity index is 2.44. The van der Waals surface area contributed by atoms with Gasteiger partial charge in [-0.25, -0.2) is 9.84 Å². The van der Waals surface area contributed by atoms with Gasteiger partial charge in [0.1, 0.15) is 16.3 Å². The molecule has 0 fully saturated rings. The van der Waals surface area contributed by atoms with Gasteiger partial charge in [0.25, 0.3) is 0 Å². The Morgan fingerprint density at radius 3 is 2.44 bits per heavy atom. The van der Waals surface area contributed by atoms with Gasteiger partial charge in [0.2, 0.25) is 0 Å². The van der Waals surface area contributed by atoms with Gasteiger partial charge < -0.3 is 0 Å². The second-order valence-corrected chi connectivity index (χ2v) is 7.09. The molecule has 1 N–H and O–H groups in total. The molecule has 1 heterocycles. The van der Waals surface area contributed by atoms with Gasteiger partial charge in [-0.2, -0.15) is 31.4 Å². The highest BCUT2D eigenvalue weighted by Crippen LogP contribution is 2.39. The van der Waals surface area contributed by atoms with Crippen LogP contribution in [-0.4, -0.2) is 28.2 Å². The summed E-state index contributed by atoms with van der Waals surface area (Å²) >= 11 is 1.11. The Bertz CT molecular complexity index is 822. The molecule has 1 atom stereocenters. The van der Waals surface area contributed by atoms with Crippen molar-refractivity contribution in [2.24, 2.45) is 10.1 Å². The third-order valence-electron chi connectivity index (χ3n) is 3.68. The fourth-order valence-electron chi connectivity index (χ4n) is 2.38. The van der Waals surface area contributed by atoms with Crippen molar-refractivity contribution in [1.82, 2.24) is 5.43 Å². The van der Waals surface area contributed by atoms with Gasteiger partial charge in [-0.3, -0.25) is 5.43 Å². The number of hydrogen-bond acceptors (Lipinski definition) is 4. The Morgan fingerprint density at radius 1 is 1.30 bits per heavy atom. The number of benzene rings is 1. The number of nitrogens with zero attached hydrogens (tertiary/aromatic N) is 3. The van der Waals surface area contributed by atoms with Crippen molar-refractivity contribution in [2.75, 3.05) is 5.75 Å². The lowest BCUT2D eigenvalue weighted by Crippen LogP contribution is -2.43. The van der Waals surface area contributed by atoms with Crippen LogP contribution in [0.1, 0.15) is 25.8 Å². The van der Waals surface area contributed by atoms with Crippen molar-refractivity contribution in [3.05, 3.63) is 35.2 Å². The van der Waals surface area contributed by atoms with Crippen LogP contribution in [0.4, 0.5) is 37.7 Å². The summed E-state index contributed by atoms with van der Waals surface area (Å²) in [5.74, 6) is 0.448. The number of nitrogens with one attached hydrogen (secondary N) is 1. The molecule has 1 aliphatic heterocycles. The number of rotatable bonds is 3. The normalized spacial score (nSPS) is 20.9. The Morgan fingerprint density at radius 2 is 1.96 bits per heavy atom. The average Bonchev–Trinajstić information content (AvgIpc) is 2.97. The van der Waals surface area contributed by atoms with E-state index in [9.17, 15) is 26.3 Å². The lowest BCUT2D eigenvalue weighted by molar-refractivity contribution is -0.136. The molecule has 0 aromatic heterocycles. The van der Waals surface area contributed by atoms with Crippen molar-refractivity contribution in [2.45, 2.75) is 38.2 Å². The number of aliphatic imine (C=N–C) groups is 1. The van der Waals surface area contributed by atoms with E-state index in [0.29, 0.717) is 11.8 Å². The number of alkyl halides is 6. The first-order chi connectivity index (χ1) is 12.4. The van der Waals surface area contributed by atoms with Crippen LogP contribution < -0.4 is 5.43 Å². The maximum atomic E-state index is 13.1. The predicted molar refractivity (Wildman–Crippen MR) is 92.6 cm³/mol. The summed E-state index contributed by atoms with van der Waals surface area (Å²) in [4.78, 5) is 6.98. The molecule has 0 bridgehead atoms. The van der Waals surface area contributed by atoms with E-state index < -0.39 is 41.3 Å². The molecule has 1 aliphatic rings. The fraction of sp³-hybridized carbons (Fsp3) is 0.438. The molecule has 0 amide bonds. The molecule has 0 radical (unpaired) electrons. The number of halogens is 6. The second kappa shape index (κ2) is 7.42. The van der Waals surface area contributed by atoms with Crippen LogP contribution in [-0.2, 0) is 6.18 Å². The largest absolute Gasteiger partial charge is 0.431 e. The third-order valence-corrected chi connectivity index (χ3v) is 4.78. The zero-order chi connectivity index (χ0) is 20.5. The van der Waals surface area contributed by atoms with Crippen molar-refractivity contribution in [3.63, 3.8) is 0 Å². The topological polar surface area (TPSA) is 41.1 Å². The van der Waals surface area contributed by atoms with E-state index in [2.05, 4.69) is 20.4 Å². The highest BCUT2D eigenvalue weighted by molar-refractivity contribution is 8.14. The Hall–Kier alpha value is -2.22. The molecule has 0 aliphatic carbocycles. The summed E-state index contributed by atoms with van der Waals surface area (Å²) < 4.78 is 78.0. The van der Waals surface area contributed by atoms with Crippen LogP contribution >= 0.6 is 11.8 Å². The predicted octanol–water partition coefficient (Wildman–Crippen LogP) is 5.71. The first kappa shape index (κ1) is 21.1. The van der Waals surface area contributed by atoms with E-state index in [-0.39, 0.29) is 10.7 Å². The highest BCUT2D eigenvalue weighted by atomic mass is 32.2. The standard InChI is InChI=1S/C16H14F6N4S/c1-4-27-13(14(2)8-12(25-26-14)16(20,21)22)24-9-5-6-11(23-3)10(7-9)15(17,18)19/h5-7,26H,4,8H2,1-2H3/t14-/m1/s1.